The highest BCUT2D eigenvalue weighted by Crippen LogP contribution is 2.30. The van der Waals surface area contributed by atoms with Crippen molar-refractivity contribution in [2.45, 2.75) is 19.6 Å². The molecular formula is C22H21ClN2O3. The molecule has 3 N–H and O–H groups in total. The van der Waals surface area contributed by atoms with E-state index in [1.807, 2.05) is 61.5 Å². The highest BCUT2D eigenvalue weighted by molar-refractivity contribution is 6.30. The number of anilines is 1. The smallest absolute Gasteiger partial charge is 0.407 e. The summed E-state index contributed by atoms with van der Waals surface area (Å²) in [7, 11) is 0. The van der Waals surface area contributed by atoms with Crippen LogP contribution in [0.2, 0.25) is 5.02 Å². The Morgan fingerprint density at radius 1 is 1.07 bits per heavy atom. The summed E-state index contributed by atoms with van der Waals surface area (Å²) in [5.41, 5.74) is 8.23. The number of carbonyl (C=O) groups is 1. The molecule has 0 bridgehead atoms. The quantitative estimate of drug-likeness (QED) is 0.524. The third-order valence-electron chi connectivity index (χ3n) is 4.13. The number of nitrogen functional groups attached to an aromatic ring is 1. The van der Waals surface area contributed by atoms with Crippen molar-refractivity contribution in [3.8, 4) is 11.5 Å². The van der Waals surface area contributed by atoms with E-state index in [0.717, 1.165) is 11.1 Å². The molecule has 5 nitrogen and oxygen atoms in total. The predicted molar refractivity (Wildman–Crippen MR) is 111 cm³/mol. The molecule has 28 heavy (non-hydrogen) atoms. The molecule has 0 fully saturated rings. The van der Waals surface area contributed by atoms with Crippen LogP contribution in [0.1, 0.15) is 24.1 Å². The Morgan fingerprint density at radius 2 is 1.79 bits per heavy atom. The van der Waals surface area contributed by atoms with Gasteiger partial charge in [-0.05, 0) is 48.4 Å². The first-order chi connectivity index (χ1) is 13.5. The van der Waals surface area contributed by atoms with Crippen molar-refractivity contribution in [1.29, 1.82) is 0 Å². The topological polar surface area (TPSA) is 73.6 Å². The second-order valence-corrected chi connectivity index (χ2v) is 6.72. The summed E-state index contributed by atoms with van der Waals surface area (Å²) in [5, 5.41) is 3.37. The fourth-order valence-electron chi connectivity index (χ4n) is 2.59. The number of nitrogens with one attached hydrogen (secondary N) is 1. The summed E-state index contributed by atoms with van der Waals surface area (Å²) in [6, 6.07) is 21.8. The van der Waals surface area contributed by atoms with Gasteiger partial charge in [-0.2, -0.15) is 0 Å². The van der Waals surface area contributed by atoms with Crippen molar-refractivity contribution in [2.75, 3.05) is 5.73 Å². The van der Waals surface area contributed by atoms with Crippen molar-refractivity contribution in [3.05, 3.63) is 88.9 Å². The molecule has 0 aliphatic carbocycles. The second kappa shape index (κ2) is 9.15. The fourth-order valence-corrected chi connectivity index (χ4v) is 2.77. The van der Waals surface area contributed by atoms with Crippen LogP contribution in [-0.4, -0.2) is 6.09 Å². The zero-order valence-corrected chi connectivity index (χ0v) is 16.1. The van der Waals surface area contributed by atoms with E-state index >= 15 is 0 Å². The number of benzene rings is 3. The summed E-state index contributed by atoms with van der Waals surface area (Å²) in [4.78, 5) is 12.0. The first-order valence-corrected chi connectivity index (χ1v) is 9.19. The zero-order valence-electron chi connectivity index (χ0n) is 15.4. The van der Waals surface area contributed by atoms with Crippen molar-refractivity contribution in [1.82, 2.24) is 5.32 Å². The molecule has 3 rings (SSSR count). The summed E-state index contributed by atoms with van der Waals surface area (Å²) in [6.07, 6.45) is -0.467. The van der Waals surface area contributed by atoms with Gasteiger partial charge in [-0.25, -0.2) is 4.79 Å². The summed E-state index contributed by atoms with van der Waals surface area (Å²) in [6.45, 7) is 2.12. The average Bonchev–Trinajstić information content (AvgIpc) is 2.70. The van der Waals surface area contributed by atoms with E-state index in [1.165, 1.54) is 0 Å². The second-order valence-electron chi connectivity index (χ2n) is 6.28. The third-order valence-corrected chi connectivity index (χ3v) is 4.36. The number of ether oxygens (including phenoxy) is 2. The molecular weight excluding hydrogens is 376 g/mol. The minimum atomic E-state index is -0.467. The molecule has 0 saturated carbocycles. The van der Waals surface area contributed by atoms with Crippen LogP contribution < -0.4 is 15.8 Å². The molecule has 0 aliphatic rings. The van der Waals surface area contributed by atoms with Crippen LogP contribution in [0.3, 0.4) is 0 Å². The molecule has 0 radical (unpaired) electrons. The molecule has 0 aliphatic heterocycles. The van der Waals surface area contributed by atoms with Gasteiger partial charge in [0.1, 0.15) is 18.1 Å². The van der Waals surface area contributed by atoms with Crippen molar-refractivity contribution < 1.29 is 14.3 Å². The van der Waals surface area contributed by atoms with Crippen LogP contribution in [0.5, 0.6) is 11.5 Å². The van der Waals surface area contributed by atoms with E-state index in [2.05, 4.69) is 5.32 Å². The van der Waals surface area contributed by atoms with E-state index in [9.17, 15) is 4.79 Å². The van der Waals surface area contributed by atoms with E-state index in [-0.39, 0.29) is 12.6 Å². The van der Waals surface area contributed by atoms with Gasteiger partial charge < -0.3 is 20.5 Å². The minimum absolute atomic E-state index is 0.210. The number of hydrogen-bond donors (Lipinski definition) is 2. The SMILES string of the molecule is CC(NC(=O)OCc1ccccc1)c1ccc(Oc2ccc(Cl)cc2N)cc1. The Labute approximate surface area is 169 Å². The third kappa shape index (κ3) is 5.41. The van der Waals surface area contributed by atoms with Crippen LogP contribution in [0.4, 0.5) is 10.5 Å². The predicted octanol–water partition coefficient (Wildman–Crippen LogP) is 5.70. The Morgan fingerprint density at radius 3 is 2.46 bits per heavy atom. The lowest BCUT2D eigenvalue weighted by atomic mass is 10.1. The van der Waals surface area contributed by atoms with E-state index < -0.39 is 6.09 Å². The molecule has 1 amide bonds. The fraction of sp³-hybridized carbons (Fsp3) is 0.136. The number of alkyl carbamates (subject to hydrolysis) is 1. The van der Waals surface area contributed by atoms with Gasteiger partial charge in [0.2, 0.25) is 0 Å². The van der Waals surface area contributed by atoms with Crippen molar-refractivity contribution in [3.63, 3.8) is 0 Å². The number of rotatable bonds is 6. The van der Waals surface area contributed by atoms with Gasteiger partial charge in [0, 0.05) is 5.02 Å². The normalized spacial score (nSPS) is 11.5. The Kier molecular flexibility index (Phi) is 6.40. The van der Waals surface area contributed by atoms with E-state index in [1.54, 1.807) is 18.2 Å². The van der Waals surface area contributed by atoms with E-state index in [0.29, 0.717) is 22.2 Å². The largest absolute Gasteiger partial charge is 0.455 e. The molecule has 0 spiro atoms. The lowest BCUT2D eigenvalue weighted by Crippen LogP contribution is -2.27. The van der Waals surface area contributed by atoms with Crippen molar-refractivity contribution >= 4 is 23.4 Å². The minimum Gasteiger partial charge on any atom is -0.455 e. The van der Waals surface area contributed by atoms with Crippen LogP contribution in [0.15, 0.2) is 72.8 Å². The molecule has 0 aromatic heterocycles. The monoisotopic (exact) mass is 396 g/mol. The van der Waals surface area contributed by atoms with Crippen molar-refractivity contribution in [2.24, 2.45) is 0 Å². The standard InChI is InChI=1S/C22H21ClN2O3/c1-15(25-22(26)27-14-16-5-3-2-4-6-16)17-7-10-19(11-8-17)28-21-12-9-18(23)13-20(21)24/h2-13,15H,14,24H2,1H3,(H,25,26). The molecule has 1 unspecified atom stereocenters. The molecule has 3 aromatic carbocycles. The molecule has 144 valence electrons. The zero-order chi connectivity index (χ0) is 19.9. The maximum absolute atomic E-state index is 12.0. The molecule has 1 atom stereocenters. The van der Waals surface area contributed by atoms with Gasteiger partial charge in [-0.3, -0.25) is 0 Å². The Balaban J connectivity index is 1.54. The average molecular weight is 397 g/mol. The Hall–Kier alpha value is -3.18. The first kappa shape index (κ1) is 19.6. The van der Waals surface area contributed by atoms with Crippen LogP contribution in [-0.2, 0) is 11.3 Å². The van der Waals surface area contributed by atoms with Gasteiger partial charge >= 0.3 is 6.09 Å². The number of amides is 1. The van der Waals surface area contributed by atoms with Gasteiger partial charge in [0.25, 0.3) is 0 Å². The van der Waals surface area contributed by atoms with Gasteiger partial charge in [-0.1, -0.05) is 54.1 Å². The maximum atomic E-state index is 12.0. The maximum Gasteiger partial charge on any atom is 0.407 e. The van der Waals surface area contributed by atoms with Gasteiger partial charge in [-0.15, -0.1) is 0 Å². The lowest BCUT2D eigenvalue weighted by molar-refractivity contribution is 0.136. The molecule has 0 heterocycles. The highest BCUT2D eigenvalue weighted by atomic mass is 35.5. The highest BCUT2D eigenvalue weighted by Gasteiger charge is 2.11. The summed E-state index contributed by atoms with van der Waals surface area (Å²) < 4.78 is 11.0. The van der Waals surface area contributed by atoms with Crippen LogP contribution in [0, 0.1) is 0 Å². The van der Waals surface area contributed by atoms with Crippen LogP contribution >= 0.6 is 11.6 Å². The Bertz CT molecular complexity index is 930. The van der Waals surface area contributed by atoms with E-state index in [4.69, 9.17) is 26.8 Å². The number of nitrogens with two attached hydrogens (primary N) is 1. The summed E-state index contributed by atoms with van der Waals surface area (Å²) in [5.74, 6) is 1.17. The molecule has 6 heteroatoms. The summed E-state index contributed by atoms with van der Waals surface area (Å²) >= 11 is 5.89. The van der Waals surface area contributed by atoms with Crippen LogP contribution in [0.25, 0.3) is 0 Å². The van der Waals surface area contributed by atoms with Gasteiger partial charge in [0.15, 0.2) is 0 Å². The van der Waals surface area contributed by atoms with Gasteiger partial charge in [0.05, 0.1) is 11.7 Å². The number of carbonyl (C=O) groups excluding carboxylic acids is 1. The molecule has 0 saturated heterocycles. The molecule has 3 aromatic rings. The first-order valence-electron chi connectivity index (χ1n) is 8.81. The lowest BCUT2D eigenvalue weighted by Gasteiger charge is -2.15. The number of halogens is 1. The number of hydrogen-bond acceptors (Lipinski definition) is 4.